The van der Waals surface area contributed by atoms with E-state index in [9.17, 15) is 24.6 Å². The van der Waals surface area contributed by atoms with Gasteiger partial charge in [0, 0.05) is 10.7 Å². The van der Waals surface area contributed by atoms with Crippen LogP contribution in [-0.4, -0.2) is 27.9 Å². The molecule has 2 aromatic rings. The van der Waals surface area contributed by atoms with Crippen molar-refractivity contribution in [3.63, 3.8) is 0 Å². The van der Waals surface area contributed by atoms with Gasteiger partial charge in [0.2, 0.25) is 0 Å². The number of aliphatic hydroxyl groups is 1. The van der Waals surface area contributed by atoms with Crippen molar-refractivity contribution in [3.8, 4) is 0 Å². The molecular weight excluding hydrogens is 358 g/mol. The van der Waals surface area contributed by atoms with Crippen LogP contribution in [0.15, 0.2) is 59.9 Å². The molecule has 0 bridgehead atoms. The molecule has 3 rings (SSSR count). The molecule has 0 aliphatic carbocycles. The lowest BCUT2D eigenvalue weighted by Gasteiger charge is -2.27. The predicted molar refractivity (Wildman–Crippen MR) is 95.4 cm³/mol. The quantitative estimate of drug-likeness (QED) is 0.857. The zero-order chi connectivity index (χ0) is 19.0. The molecule has 1 aliphatic rings. The van der Waals surface area contributed by atoms with Gasteiger partial charge in [-0.15, -0.1) is 0 Å². The number of rotatable bonds is 4. The Kier molecular flexibility index (Phi) is 4.52. The van der Waals surface area contributed by atoms with Crippen molar-refractivity contribution in [1.82, 2.24) is 0 Å². The van der Waals surface area contributed by atoms with E-state index in [4.69, 9.17) is 11.6 Å². The van der Waals surface area contributed by atoms with Crippen molar-refractivity contribution in [3.05, 3.63) is 76.0 Å². The van der Waals surface area contributed by atoms with E-state index in [1.54, 1.807) is 30.3 Å². The van der Waals surface area contributed by atoms with Gasteiger partial charge in [0.25, 0.3) is 5.91 Å². The number of benzene rings is 2. The molecule has 0 saturated heterocycles. The maximum Gasteiger partial charge on any atom is 0.335 e. The van der Waals surface area contributed by atoms with Gasteiger partial charge in [0.05, 0.1) is 17.2 Å². The summed E-state index contributed by atoms with van der Waals surface area (Å²) in [6, 6.07) is 11.4. The summed E-state index contributed by atoms with van der Waals surface area (Å²) in [6.45, 7) is 1.26. The zero-order valence-corrected chi connectivity index (χ0v) is 14.4. The predicted octanol–water partition coefficient (Wildman–Crippen LogP) is 3.53. The van der Waals surface area contributed by atoms with E-state index < -0.39 is 29.5 Å². The third-order valence-electron chi connectivity index (χ3n) is 4.14. The van der Waals surface area contributed by atoms with E-state index in [1.807, 2.05) is 0 Å². The molecule has 0 spiro atoms. The number of amides is 1. The van der Waals surface area contributed by atoms with Gasteiger partial charge in [0.15, 0.2) is 11.5 Å². The molecule has 2 aromatic carbocycles. The third kappa shape index (κ3) is 2.95. The minimum atomic E-state index is -1.15. The molecule has 7 heteroatoms. The first-order chi connectivity index (χ1) is 12.3. The van der Waals surface area contributed by atoms with Crippen LogP contribution in [0, 0.1) is 0 Å². The number of carbonyl (C=O) groups is 3. The molecule has 6 nitrogen and oxygen atoms in total. The van der Waals surface area contributed by atoms with Crippen molar-refractivity contribution in [2.45, 2.75) is 13.0 Å². The zero-order valence-electron chi connectivity index (χ0n) is 13.6. The number of nitrogens with zero attached hydrogens (tertiary/aromatic N) is 1. The van der Waals surface area contributed by atoms with Crippen LogP contribution in [0.3, 0.4) is 0 Å². The van der Waals surface area contributed by atoms with Crippen molar-refractivity contribution in [1.29, 1.82) is 0 Å². The Morgan fingerprint density at radius 3 is 2.35 bits per heavy atom. The van der Waals surface area contributed by atoms with Gasteiger partial charge in [0.1, 0.15) is 0 Å². The fourth-order valence-electron chi connectivity index (χ4n) is 2.98. The van der Waals surface area contributed by atoms with Crippen molar-refractivity contribution >= 4 is 34.9 Å². The summed E-state index contributed by atoms with van der Waals surface area (Å²) in [5.41, 5.74) is 0.773. The lowest BCUT2D eigenvalue weighted by Crippen LogP contribution is -2.31. The first-order valence-corrected chi connectivity index (χ1v) is 8.05. The van der Waals surface area contributed by atoms with Crippen molar-refractivity contribution in [2.75, 3.05) is 4.90 Å². The second-order valence-electron chi connectivity index (χ2n) is 5.80. The first kappa shape index (κ1) is 17.7. The minimum Gasteiger partial charge on any atom is -0.503 e. The Hall–Kier alpha value is -3.12. The topological polar surface area (TPSA) is 94.9 Å². The van der Waals surface area contributed by atoms with Crippen molar-refractivity contribution < 1.29 is 24.6 Å². The van der Waals surface area contributed by atoms with E-state index in [0.29, 0.717) is 10.6 Å². The summed E-state index contributed by atoms with van der Waals surface area (Å²) in [5, 5.41) is 19.9. The number of carbonyl (C=O) groups excluding carboxylic acids is 2. The summed E-state index contributed by atoms with van der Waals surface area (Å²) >= 11 is 5.91. The maximum atomic E-state index is 12.6. The summed E-state index contributed by atoms with van der Waals surface area (Å²) < 4.78 is 0. The number of carboxylic acid groups (broad SMARTS) is 1. The Morgan fingerprint density at radius 2 is 1.77 bits per heavy atom. The summed E-state index contributed by atoms with van der Waals surface area (Å²) in [7, 11) is 0. The number of aliphatic hydroxyl groups excluding tert-OH is 1. The van der Waals surface area contributed by atoms with E-state index in [0.717, 1.165) is 0 Å². The number of Topliss-reactive ketones (excluding diaryl/α,β-unsaturated/α-hetero) is 1. The van der Waals surface area contributed by atoms with E-state index in [-0.39, 0.29) is 16.8 Å². The Labute approximate surface area is 153 Å². The highest BCUT2D eigenvalue weighted by molar-refractivity contribution is 6.30. The highest BCUT2D eigenvalue weighted by Crippen LogP contribution is 2.41. The number of hydrogen-bond acceptors (Lipinski definition) is 4. The minimum absolute atomic E-state index is 0.0130. The smallest absolute Gasteiger partial charge is 0.335 e. The largest absolute Gasteiger partial charge is 0.503 e. The maximum absolute atomic E-state index is 12.6. The normalized spacial score (nSPS) is 16.9. The van der Waals surface area contributed by atoms with E-state index in [2.05, 4.69) is 0 Å². The van der Waals surface area contributed by atoms with Crippen LogP contribution in [0.2, 0.25) is 5.02 Å². The number of halogens is 1. The number of aromatic carboxylic acids is 1. The summed E-state index contributed by atoms with van der Waals surface area (Å²) in [6.07, 6.45) is 0. The molecule has 0 aromatic heterocycles. The van der Waals surface area contributed by atoms with Gasteiger partial charge < -0.3 is 10.2 Å². The Balaban J connectivity index is 2.18. The number of anilines is 1. The lowest BCUT2D eigenvalue weighted by molar-refractivity contribution is -0.117. The first-order valence-electron chi connectivity index (χ1n) is 7.67. The molecule has 1 aliphatic heterocycles. The summed E-state index contributed by atoms with van der Waals surface area (Å²) in [5.74, 6) is -3.01. The number of ketones is 1. The van der Waals surface area contributed by atoms with E-state index >= 15 is 0 Å². The molecule has 0 radical (unpaired) electrons. The molecule has 0 saturated carbocycles. The molecule has 132 valence electrons. The standard InChI is InChI=1S/C19H14ClNO5/c1-10(22)15-16(11-5-7-13(20)8-6-11)21(18(24)17(15)23)14-4-2-3-12(9-14)19(25)26/h2-9,16,23H,1H3,(H,25,26)/t16-/m0/s1. The van der Waals surface area contributed by atoms with Gasteiger partial charge in [-0.25, -0.2) is 4.79 Å². The number of carboxylic acids is 1. The fraction of sp³-hybridized carbons (Fsp3) is 0.105. The molecule has 0 unspecified atom stereocenters. The van der Waals surface area contributed by atoms with Crippen LogP contribution in [0.1, 0.15) is 28.9 Å². The highest BCUT2D eigenvalue weighted by Gasteiger charge is 2.43. The average molecular weight is 372 g/mol. The third-order valence-corrected chi connectivity index (χ3v) is 4.40. The second kappa shape index (κ2) is 6.65. The molecule has 1 amide bonds. The van der Waals surface area contributed by atoms with Gasteiger partial charge in [-0.3, -0.25) is 14.5 Å². The summed E-state index contributed by atoms with van der Waals surface area (Å²) in [4.78, 5) is 37.2. The van der Waals surface area contributed by atoms with Crippen LogP contribution in [-0.2, 0) is 9.59 Å². The second-order valence-corrected chi connectivity index (χ2v) is 6.24. The Bertz CT molecular complexity index is 949. The number of hydrogen-bond donors (Lipinski definition) is 2. The molecule has 2 N–H and O–H groups in total. The monoisotopic (exact) mass is 371 g/mol. The fourth-order valence-corrected chi connectivity index (χ4v) is 3.11. The van der Waals surface area contributed by atoms with Crippen LogP contribution >= 0.6 is 11.6 Å². The van der Waals surface area contributed by atoms with Crippen LogP contribution < -0.4 is 4.90 Å². The van der Waals surface area contributed by atoms with Gasteiger partial charge in [-0.1, -0.05) is 29.8 Å². The molecule has 26 heavy (non-hydrogen) atoms. The molecule has 1 heterocycles. The van der Waals surface area contributed by atoms with Gasteiger partial charge >= 0.3 is 5.97 Å². The van der Waals surface area contributed by atoms with Crippen LogP contribution in [0.4, 0.5) is 5.69 Å². The van der Waals surface area contributed by atoms with Gasteiger partial charge in [-0.2, -0.15) is 0 Å². The highest BCUT2D eigenvalue weighted by atomic mass is 35.5. The van der Waals surface area contributed by atoms with Crippen LogP contribution in [0.5, 0.6) is 0 Å². The Morgan fingerprint density at radius 1 is 1.12 bits per heavy atom. The lowest BCUT2D eigenvalue weighted by atomic mass is 9.96. The average Bonchev–Trinajstić information content (AvgIpc) is 2.87. The molecular formula is C19H14ClNO5. The van der Waals surface area contributed by atoms with Crippen LogP contribution in [0.25, 0.3) is 0 Å². The van der Waals surface area contributed by atoms with E-state index in [1.165, 1.54) is 30.0 Å². The van der Waals surface area contributed by atoms with Crippen molar-refractivity contribution in [2.24, 2.45) is 0 Å². The van der Waals surface area contributed by atoms with Gasteiger partial charge in [-0.05, 0) is 42.8 Å². The molecule has 1 atom stereocenters. The SMILES string of the molecule is CC(=O)C1=C(O)C(=O)N(c2cccc(C(=O)O)c2)[C@H]1c1ccc(Cl)cc1. The molecule has 0 fully saturated rings.